The molecule has 166 valence electrons. The first-order chi connectivity index (χ1) is 15.9. The van der Waals surface area contributed by atoms with Crippen molar-refractivity contribution in [3.63, 3.8) is 0 Å². The van der Waals surface area contributed by atoms with Crippen LogP contribution >= 0.6 is 11.6 Å². The maximum atomic E-state index is 8.80. The average Bonchev–Trinajstić information content (AvgIpc) is 3.09. The van der Waals surface area contributed by atoms with Crippen molar-refractivity contribution < 1.29 is 9.47 Å². The van der Waals surface area contributed by atoms with E-state index in [4.69, 9.17) is 26.3 Å². The summed E-state index contributed by atoms with van der Waals surface area (Å²) < 4.78 is 13.6. The molecule has 0 fully saturated rings. The first-order valence-corrected chi connectivity index (χ1v) is 10.7. The van der Waals surface area contributed by atoms with Gasteiger partial charge in [-0.05, 0) is 85.0 Å². The zero-order valence-electron chi connectivity index (χ0n) is 18.8. The fourth-order valence-electron chi connectivity index (χ4n) is 3.74. The zero-order valence-corrected chi connectivity index (χ0v) is 19.5. The van der Waals surface area contributed by atoms with Crippen LogP contribution in [0.2, 0.25) is 5.28 Å². The van der Waals surface area contributed by atoms with Gasteiger partial charge in [0.1, 0.15) is 17.3 Å². The van der Waals surface area contributed by atoms with Gasteiger partial charge in [-0.2, -0.15) is 15.2 Å². The summed E-state index contributed by atoms with van der Waals surface area (Å²) in [6.07, 6.45) is 3.21. The number of aryl methyl sites for hydroxylation is 3. The standard InChI is InChI=1S/C25H22ClN5O2/c1-15-12-19(6-5-11-27)13-16(2)22(15)33-24-21-23(29-25(26)30-24)28-17(3)31(21)14-18-7-9-20(32-4)10-8-18/h5-10,12-13H,14H2,1-4H3/b6-5+. The van der Waals surface area contributed by atoms with Gasteiger partial charge in [0.15, 0.2) is 11.2 Å². The van der Waals surface area contributed by atoms with E-state index in [9.17, 15) is 0 Å². The molecule has 0 saturated carbocycles. The lowest BCUT2D eigenvalue weighted by atomic mass is 10.1. The van der Waals surface area contributed by atoms with Crippen molar-refractivity contribution in [3.8, 4) is 23.4 Å². The lowest BCUT2D eigenvalue weighted by Crippen LogP contribution is -2.05. The average molecular weight is 460 g/mol. The van der Waals surface area contributed by atoms with Gasteiger partial charge in [0, 0.05) is 12.6 Å². The van der Waals surface area contributed by atoms with Crippen LogP contribution in [0.3, 0.4) is 0 Å². The van der Waals surface area contributed by atoms with E-state index in [2.05, 4.69) is 15.0 Å². The summed E-state index contributed by atoms with van der Waals surface area (Å²) in [6.45, 7) is 6.37. The van der Waals surface area contributed by atoms with E-state index in [1.165, 1.54) is 6.08 Å². The molecular formula is C25H22ClN5O2. The second-order valence-corrected chi connectivity index (χ2v) is 7.95. The Bertz CT molecular complexity index is 1380. The molecule has 0 unspecified atom stereocenters. The van der Waals surface area contributed by atoms with Gasteiger partial charge in [-0.15, -0.1) is 0 Å². The molecule has 4 aromatic rings. The monoisotopic (exact) mass is 459 g/mol. The largest absolute Gasteiger partial charge is 0.497 e. The van der Waals surface area contributed by atoms with E-state index in [1.54, 1.807) is 13.2 Å². The minimum atomic E-state index is 0.0653. The topological polar surface area (TPSA) is 85.8 Å². The third kappa shape index (κ3) is 4.66. The summed E-state index contributed by atoms with van der Waals surface area (Å²) in [7, 11) is 1.64. The Balaban J connectivity index is 1.78. The molecule has 0 aliphatic carbocycles. The van der Waals surface area contributed by atoms with Crippen molar-refractivity contribution in [1.29, 1.82) is 5.26 Å². The number of allylic oxidation sites excluding steroid dienone is 1. The van der Waals surface area contributed by atoms with Crippen molar-refractivity contribution in [3.05, 3.63) is 75.8 Å². The maximum absolute atomic E-state index is 8.80. The summed E-state index contributed by atoms with van der Waals surface area (Å²) in [5.41, 5.74) is 4.95. The van der Waals surface area contributed by atoms with Gasteiger partial charge in [0.05, 0.1) is 13.2 Å². The number of hydrogen-bond acceptors (Lipinski definition) is 6. The van der Waals surface area contributed by atoms with E-state index >= 15 is 0 Å². The molecule has 7 nitrogen and oxygen atoms in total. The van der Waals surface area contributed by atoms with Crippen LogP contribution in [0, 0.1) is 32.1 Å². The zero-order chi connectivity index (χ0) is 23.5. The van der Waals surface area contributed by atoms with Crippen molar-refractivity contribution in [2.24, 2.45) is 0 Å². The summed E-state index contributed by atoms with van der Waals surface area (Å²) in [4.78, 5) is 13.3. The van der Waals surface area contributed by atoms with Crippen LogP contribution in [0.5, 0.6) is 17.4 Å². The normalized spacial score (nSPS) is 11.2. The lowest BCUT2D eigenvalue weighted by Gasteiger charge is -2.14. The molecule has 0 atom stereocenters. The van der Waals surface area contributed by atoms with Crippen molar-refractivity contribution in [2.75, 3.05) is 7.11 Å². The van der Waals surface area contributed by atoms with Gasteiger partial charge in [0.25, 0.3) is 0 Å². The molecule has 0 spiro atoms. The fraction of sp³-hybridized carbons (Fsp3) is 0.200. The highest BCUT2D eigenvalue weighted by molar-refractivity contribution is 6.28. The number of rotatable bonds is 6. The van der Waals surface area contributed by atoms with E-state index < -0.39 is 0 Å². The van der Waals surface area contributed by atoms with Crippen molar-refractivity contribution in [1.82, 2.24) is 19.5 Å². The molecule has 0 N–H and O–H groups in total. The number of nitrogens with zero attached hydrogens (tertiary/aromatic N) is 5. The molecule has 0 amide bonds. The Morgan fingerprint density at radius 2 is 1.76 bits per heavy atom. The van der Waals surface area contributed by atoms with Crippen LogP contribution in [-0.4, -0.2) is 26.6 Å². The van der Waals surface area contributed by atoms with Gasteiger partial charge in [0.2, 0.25) is 11.2 Å². The molecule has 8 heteroatoms. The number of imidazole rings is 1. The number of hydrogen-bond donors (Lipinski definition) is 0. The summed E-state index contributed by atoms with van der Waals surface area (Å²) in [5.74, 6) is 2.58. The second kappa shape index (κ2) is 9.31. The van der Waals surface area contributed by atoms with Gasteiger partial charge >= 0.3 is 0 Å². The number of aromatic nitrogens is 4. The van der Waals surface area contributed by atoms with Crippen LogP contribution in [0.25, 0.3) is 17.2 Å². The van der Waals surface area contributed by atoms with Crippen LogP contribution in [-0.2, 0) is 6.54 Å². The highest BCUT2D eigenvalue weighted by Crippen LogP contribution is 2.34. The Hall–Kier alpha value is -3.89. The molecule has 0 aliphatic rings. The number of fused-ring (bicyclic) bond motifs is 1. The predicted molar refractivity (Wildman–Crippen MR) is 128 cm³/mol. The minimum absolute atomic E-state index is 0.0653. The Morgan fingerprint density at radius 3 is 2.39 bits per heavy atom. The van der Waals surface area contributed by atoms with Crippen molar-refractivity contribution >= 4 is 28.8 Å². The summed E-state index contributed by atoms with van der Waals surface area (Å²) in [5, 5.41) is 8.86. The van der Waals surface area contributed by atoms with Crippen LogP contribution in [0.1, 0.15) is 28.1 Å². The first kappa shape index (κ1) is 22.3. The molecule has 33 heavy (non-hydrogen) atoms. The molecule has 4 rings (SSSR count). The number of methoxy groups -OCH3 is 1. The molecule has 2 aromatic heterocycles. The molecular weight excluding hydrogens is 438 g/mol. The van der Waals surface area contributed by atoms with E-state index in [0.29, 0.717) is 29.3 Å². The van der Waals surface area contributed by atoms with Crippen molar-refractivity contribution in [2.45, 2.75) is 27.3 Å². The van der Waals surface area contributed by atoms with Crippen LogP contribution < -0.4 is 9.47 Å². The Morgan fingerprint density at radius 1 is 1.06 bits per heavy atom. The fourth-order valence-corrected chi connectivity index (χ4v) is 3.89. The number of nitriles is 1. The van der Waals surface area contributed by atoms with E-state index in [-0.39, 0.29) is 5.28 Å². The third-order valence-corrected chi connectivity index (χ3v) is 5.44. The molecule has 0 saturated heterocycles. The molecule has 2 aromatic carbocycles. The predicted octanol–water partition coefficient (Wildman–Crippen LogP) is 5.79. The first-order valence-electron chi connectivity index (χ1n) is 10.3. The summed E-state index contributed by atoms with van der Waals surface area (Å²) >= 11 is 6.20. The van der Waals surface area contributed by atoms with Gasteiger partial charge in [-0.3, -0.25) is 0 Å². The molecule has 0 bridgehead atoms. The minimum Gasteiger partial charge on any atom is -0.497 e. The number of benzene rings is 2. The second-order valence-electron chi connectivity index (χ2n) is 7.61. The Labute approximate surface area is 196 Å². The third-order valence-electron chi connectivity index (χ3n) is 5.27. The quantitative estimate of drug-likeness (QED) is 0.268. The number of ether oxygens (including phenoxy) is 2. The smallest absolute Gasteiger partial charge is 0.250 e. The number of halogens is 1. The van der Waals surface area contributed by atoms with E-state index in [1.807, 2.05) is 67.8 Å². The maximum Gasteiger partial charge on any atom is 0.250 e. The van der Waals surface area contributed by atoms with E-state index in [0.717, 1.165) is 33.8 Å². The van der Waals surface area contributed by atoms with Gasteiger partial charge < -0.3 is 14.0 Å². The van der Waals surface area contributed by atoms with Gasteiger partial charge in [-0.25, -0.2) is 4.98 Å². The van der Waals surface area contributed by atoms with Crippen LogP contribution in [0.4, 0.5) is 0 Å². The SMILES string of the molecule is COc1ccc(Cn2c(C)nc3nc(Cl)nc(Oc4c(C)cc(/C=C/C#N)cc4C)c32)cc1. The molecule has 2 heterocycles. The van der Waals surface area contributed by atoms with Crippen LogP contribution in [0.15, 0.2) is 42.5 Å². The molecule has 0 aliphatic heterocycles. The summed E-state index contributed by atoms with van der Waals surface area (Å²) in [6, 6.07) is 13.8. The highest BCUT2D eigenvalue weighted by Gasteiger charge is 2.19. The lowest BCUT2D eigenvalue weighted by molar-refractivity contribution is 0.414. The highest BCUT2D eigenvalue weighted by atomic mass is 35.5. The van der Waals surface area contributed by atoms with Gasteiger partial charge in [-0.1, -0.05) is 12.1 Å². The Kier molecular flexibility index (Phi) is 6.29. The molecule has 0 radical (unpaired) electrons.